The van der Waals surface area contributed by atoms with Crippen LogP contribution in [0.2, 0.25) is 0 Å². The second-order valence-corrected chi connectivity index (χ2v) is 7.16. The van der Waals surface area contributed by atoms with Crippen molar-refractivity contribution >= 4 is 11.3 Å². The highest BCUT2D eigenvalue weighted by atomic mass is 32.1. The van der Waals surface area contributed by atoms with E-state index < -0.39 is 0 Å². The van der Waals surface area contributed by atoms with E-state index in [1.807, 2.05) is 16.7 Å². The summed E-state index contributed by atoms with van der Waals surface area (Å²) in [5, 5.41) is 9.23. The Hall–Kier alpha value is -2.25. The number of fused-ring (bicyclic) bond motifs is 3. The van der Waals surface area contributed by atoms with Gasteiger partial charge in [-0.25, -0.2) is 4.98 Å². The van der Waals surface area contributed by atoms with Crippen LogP contribution in [0.25, 0.3) is 22.1 Å². The molecule has 3 heterocycles. The van der Waals surface area contributed by atoms with Gasteiger partial charge >= 0.3 is 0 Å². The van der Waals surface area contributed by atoms with Crippen molar-refractivity contribution in [1.29, 1.82) is 0 Å². The van der Waals surface area contributed by atoms with Crippen LogP contribution < -0.4 is 10.5 Å². The van der Waals surface area contributed by atoms with Crippen LogP contribution in [0.1, 0.15) is 30.3 Å². The lowest BCUT2D eigenvalue weighted by Crippen LogP contribution is -2.02. The normalized spacial score (nSPS) is 13.3. The summed E-state index contributed by atoms with van der Waals surface area (Å²) >= 11 is 1.67. The standard InChI is InChI=1S/C17H19N5OS/c1-10(2)22-9-19-21-16(22)17-20-15-12-4-3-11(8-18)7-13(12)23-6-5-14(15)24-17/h3-4,7,9-10H,5-6,8,18H2,1-2H3. The minimum absolute atomic E-state index is 0.293. The monoisotopic (exact) mass is 341 g/mol. The van der Waals surface area contributed by atoms with Crippen LogP contribution in [0.15, 0.2) is 24.5 Å². The molecule has 24 heavy (non-hydrogen) atoms. The molecule has 0 bridgehead atoms. The van der Waals surface area contributed by atoms with Gasteiger partial charge in [-0.3, -0.25) is 0 Å². The molecule has 124 valence electrons. The minimum atomic E-state index is 0.293. The minimum Gasteiger partial charge on any atom is -0.492 e. The van der Waals surface area contributed by atoms with Crippen molar-refractivity contribution < 1.29 is 4.74 Å². The number of hydrogen-bond donors (Lipinski definition) is 1. The predicted molar refractivity (Wildman–Crippen MR) is 94.0 cm³/mol. The molecule has 1 aliphatic rings. The van der Waals surface area contributed by atoms with Gasteiger partial charge in [0.15, 0.2) is 10.8 Å². The van der Waals surface area contributed by atoms with Crippen molar-refractivity contribution in [1.82, 2.24) is 19.7 Å². The van der Waals surface area contributed by atoms with Gasteiger partial charge in [-0.2, -0.15) is 0 Å². The summed E-state index contributed by atoms with van der Waals surface area (Å²) in [6.45, 7) is 5.38. The van der Waals surface area contributed by atoms with E-state index in [2.05, 4.69) is 30.1 Å². The molecule has 0 amide bonds. The lowest BCUT2D eigenvalue weighted by Gasteiger charge is -2.09. The number of ether oxygens (including phenoxy) is 1. The number of benzene rings is 1. The highest BCUT2D eigenvalue weighted by Gasteiger charge is 2.23. The maximum Gasteiger partial charge on any atom is 0.193 e. The Kier molecular flexibility index (Phi) is 3.82. The third-order valence-electron chi connectivity index (χ3n) is 4.14. The quantitative estimate of drug-likeness (QED) is 0.792. The molecule has 0 spiro atoms. The number of nitrogens with two attached hydrogens (primary N) is 1. The van der Waals surface area contributed by atoms with Crippen LogP contribution in [0.5, 0.6) is 5.75 Å². The summed E-state index contributed by atoms with van der Waals surface area (Å²) in [5.74, 6) is 1.68. The van der Waals surface area contributed by atoms with E-state index in [1.54, 1.807) is 17.7 Å². The Morgan fingerprint density at radius 3 is 3.04 bits per heavy atom. The molecule has 3 aromatic rings. The van der Waals surface area contributed by atoms with Crippen molar-refractivity contribution in [2.75, 3.05) is 6.61 Å². The third-order valence-corrected chi connectivity index (χ3v) is 5.25. The van der Waals surface area contributed by atoms with Crippen LogP contribution in [0, 0.1) is 0 Å². The van der Waals surface area contributed by atoms with Gasteiger partial charge in [0.2, 0.25) is 0 Å². The lowest BCUT2D eigenvalue weighted by molar-refractivity contribution is 0.327. The number of rotatable bonds is 3. The Bertz CT molecular complexity index is 883. The molecule has 2 N–H and O–H groups in total. The molecule has 0 fully saturated rings. The molecular formula is C17H19N5OS. The highest BCUT2D eigenvalue weighted by molar-refractivity contribution is 7.15. The van der Waals surface area contributed by atoms with Crippen molar-refractivity contribution in [3.8, 4) is 27.8 Å². The van der Waals surface area contributed by atoms with E-state index in [-0.39, 0.29) is 0 Å². The predicted octanol–water partition coefficient (Wildman–Crippen LogP) is 3.04. The molecule has 1 aliphatic heterocycles. The van der Waals surface area contributed by atoms with E-state index >= 15 is 0 Å². The first-order chi connectivity index (χ1) is 11.7. The first kappa shape index (κ1) is 15.3. The van der Waals surface area contributed by atoms with E-state index in [1.165, 1.54) is 4.88 Å². The van der Waals surface area contributed by atoms with Crippen LogP contribution in [-0.2, 0) is 13.0 Å². The number of aromatic nitrogens is 4. The van der Waals surface area contributed by atoms with Gasteiger partial charge < -0.3 is 15.0 Å². The Morgan fingerprint density at radius 2 is 2.25 bits per heavy atom. The Balaban J connectivity index is 1.83. The summed E-state index contributed by atoms with van der Waals surface area (Å²) in [6.07, 6.45) is 2.60. The highest BCUT2D eigenvalue weighted by Crippen LogP contribution is 2.40. The summed E-state index contributed by atoms with van der Waals surface area (Å²) in [7, 11) is 0. The van der Waals surface area contributed by atoms with Crippen molar-refractivity contribution in [3.05, 3.63) is 35.0 Å². The molecule has 0 radical (unpaired) electrons. The first-order valence-corrected chi connectivity index (χ1v) is 8.84. The van der Waals surface area contributed by atoms with E-state index in [4.69, 9.17) is 15.5 Å². The second-order valence-electron chi connectivity index (χ2n) is 6.08. The van der Waals surface area contributed by atoms with Crippen LogP contribution in [0.3, 0.4) is 0 Å². The molecule has 2 aromatic heterocycles. The van der Waals surface area contributed by atoms with Crippen LogP contribution in [-0.4, -0.2) is 26.4 Å². The molecule has 0 aliphatic carbocycles. The fraction of sp³-hybridized carbons (Fsp3) is 0.353. The molecular weight excluding hydrogens is 322 g/mol. The molecule has 0 unspecified atom stereocenters. The average molecular weight is 341 g/mol. The van der Waals surface area contributed by atoms with Gasteiger partial charge in [-0.1, -0.05) is 6.07 Å². The topological polar surface area (TPSA) is 78.8 Å². The summed E-state index contributed by atoms with van der Waals surface area (Å²) in [5.41, 5.74) is 8.82. The van der Waals surface area contributed by atoms with Crippen molar-refractivity contribution in [2.24, 2.45) is 5.73 Å². The van der Waals surface area contributed by atoms with Gasteiger partial charge in [0.1, 0.15) is 12.1 Å². The number of thiazole rings is 1. The molecule has 0 saturated heterocycles. The summed E-state index contributed by atoms with van der Waals surface area (Å²) < 4.78 is 7.95. The second kappa shape index (κ2) is 5.99. The Morgan fingerprint density at radius 1 is 1.38 bits per heavy atom. The van der Waals surface area contributed by atoms with Crippen LogP contribution in [0.4, 0.5) is 0 Å². The molecule has 1 aromatic carbocycles. The molecule has 7 heteroatoms. The van der Waals surface area contributed by atoms with E-state index in [0.29, 0.717) is 19.2 Å². The zero-order chi connectivity index (χ0) is 16.7. The molecule has 4 rings (SSSR count). The van der Waals surface area contributed by atoms with E-state index in [0.717, 1.165) is 39.8 Å². The van der Waals surface area contributed by atoms with Crippen molar-refractivity contribution in [2.45, 2.75) is 32.9 Å². The number of hydrogen-bond acceptors (Lipinski definition) is 6. The SMILES string of the molecule is CC(C)n1cnnc1-c1nc2c(s1)CCOc1cc(CN)ccc1-2. The summed E-state index contributed by atoms with van der Waals surface area (Å²) in [4.78, 5) is 6.10. The fourth-order valence-corrected chi connectivity index (χ4v) is 3.91. The first-order valence-electron chi connectivity index (χ1n) is 8.03. The number of nitrogens with zero attached hydrogens (tertiary/aromatic N) is 4. The lowest BCUT2D eigenvalue weighted by atomic mass is 10.1. The third kappa shape index (κ3) is 2.50. The van der Waals surface area contributed by atoms with Gasteiger partial charge in [0.05, 0.1) is 12.3 Å². The fourth-order valence-electron chi connectivity index (χ4n) is 2.86. The largest absolute Gasteiger partial charge is 0.492 e. The average Bonchev–Trinajstić information content (AvgIpc) is 3.18. The Labute approximate surface area is 144 Å². The smallest absolute Gasteiger partial charge is 0.193 e. The molecule has 0 saturated carbocycles. The van der Waals surface area contributed by atoms with Crippen molar-refractivity contribution in [3.63, 3.8) is 0 Å². The summed E-state index contributed by atoms with van der Waals surface area (Å²) in [6, 6.07) is 6.40. The maximum absolute atomic E-state index is 5.90. The molecule has 0 atom stereocenters. The van der Waals surface area contributed by atoms with Gasteiger partial charge in [0, 0.05) is 29.4 Å². The van der Waals surface area contributed by atoms with Gasteiger partial charge in [-0.15, -0.1) is 21.5 Å². The van der Waals surface area contributed by atoms with E-state index in [9.17, 15) is 0 Å². The zero-order valence-electron chi connectivity index (χ0n) is 13.7. The van der Waals surface area contributed by atoms with Gasteiger partial charge in [-0.05, 0) is 31.5 Å². The van der Waals surface area contributed by atoms with Gasteiger partial charge in [0.25, 0.3) is 0 Å². The zero-order valence-corrected chi connectivity index (χ0v) is 14.5. The maximum atomic E-state index is 5.90. The molecule has 6 nitrogen and oxygen atoms in total. The van der Waals surface area contributed by atoms with Crippen LogP contribution >= 0.6 is 11.3 Å².